The third-order valence-corrected chi connectivity index (χ3v) is 4.88. The van der Waals surface area contributed by atoms with Crippen molar-refractivity contribution in [3.63, 3.8) is 0 Å². The summed E-state index contributed by atoms with van der Waals surface area (Å²) in [6.07, 6.45) is 3.52. The molecule has 0 spiro atoms. The molecule has 1 aliphatic rings. The van der Waals surface area contributed by atoms with E-state index in [4.69, 9.17) is 18.0 Å². The summed E-state index contributed by atoms with van der Waals surface area (Å²) in [7, 11) is 0. The normalized spacial score (nSPS) is 17.6. The van der Waals surface area contributed by atoms with E-state index in [-0.39, 0.29) is 0 Å². The molecule has 1 unspecified atom stereocenters. The number of rotatable bonds is 3. The second-order valence-electron chi connectivity index (χ2n) is 5.10. The number of thiophene rings is 1. The molecule has 104 valence electrons. The molecule has 2 aromatic rings. The number of thiocarbonyl (C=S) groups is 1. The van der Waals surface area contributed by atoms with Crippen LogP contribution in [0.4, 0.5) is 5.82 Å². The van der Waals surface area contributed by atoms with Crippen molar-refractivity contribution < 1.29 is 0 Å². The van der Waals surface area contributed by atoms with Crippen molar-refractivity contribution in [3.05, 3.63) is 45.3 Å². The predicted octanol–water partition coefficient (Wildman–Crippen LogP) is 3.58. The Balaban J connectivity index is 1.93. The molecule has 0 saturated heterocycles. The number of nitrogens with zero attached hydrogens (tertiary/aromatic N) is 1. The zero-order chi connectivity index (χ0) is 14.1. The molecule has 0 amide bonds. The van der Waals surface area contributed by atoms with Crippen LogP contribution < -0.4 is 11.1 Å². The summed E-state index contributed by atoms with van der Waals surface area (Å²) < 4.78 is 0. The molecular formula is C15H17N3S2. The Kier molecular flexibility index (Phi) is 3.72. The summed E-state index contributed by atoms with van der Waals surface area (Å²) in [4.78, 5) is 6.45. The topological polar surface area (TPSA) is 50.9 Å². The van der Waals surface area contributed by atoms with Crippen LogP contribution in [0.3, 0.4) is 0 Å². The van der Waals surface area contributed by atoms with E-state index in [0.29, 0.717) is 11.0 Å². The van der Waals surface area contributed by atoms with Gasteiger partial charge in [0.05, 0.1) is 11.6 Å². The molecule has 1 aliphatic carbocycles. The molecule has 2 aromatic heterocycles. The van der Waals surface area contributed by atoms with E-state index in [1.54, 1.807) is 0 Å². The molecule has 0 saturated carbocycles. The molecule has 2 heterocycles. The van der Waals surface area contributed by atoms with E-state index >= 15 is 0 Å². The molecule has 1 atom stereocenters. The largest absolute Gasteiger partial charge is 0.389 e. The first-order valence-electron chi connectivity index (χ1n) is 6.75. The number of pyridine rings is 1. The van der Waals surface area contributed by atoms with E-state index < -0.39 is 0 Å². The third-order valence-electron chi connectivity index (χ3n) is 3.66. The van der Waals surface area contributed by atoms with Crippen molar-refractivity contribution in [3.8, 4) is 0 Å². The first kappa shape index (κ1) is 13.5. The molecule has 0 fully saturated rings. The van der Waals surface area contributed by atoms with Gasteiger partial charge in [-0.15, -0.1) is 11.3 Å². The maximum atomic E-state index is 5.80. The van der Waals surface area contributed by atoms with Crippen LogP contribution in [-0.2, 0) is 6.42 Å². The average molecular weight is 303 g/mol. The smallest absolute Gasteiger partial charge is 0.136 e. The Labute approximate surface area is 128 Å². The van der Waals surface area contributed by atoms with E-state index in [9.17, 15) is 0 Å². The van der Waals surface area contributed by atoms with Crippen molar-refractivity contribution >= 4 is 34.4 Å². The highest BCUT2D eigenvalue weighted by molar-refractivity contribution is 7.80. The molecular weight excluding hydrogens is 286 g/mol. The minimum Gasteiger partial charge on any atom is -0.389 e. The second kappa shape index (κ2) is 5.50. The quantitative estimate of drug-likeness (QED) is 0.851. The lowest BCUT2D eigenvalue weighted by molar-refractivity contribution is 0.606. The highest BCUT2D eigenvalue weighted by atomic mass is 32.1. The Morgan fingerprint density at radius 1 is 1.45 bits per heavy atom. The fourth-order valence-electron chi connectivity index (χ4n) is 2.67. The van der Waals surface area contributed by atoms with Crippen molar-refractivity contribution in [2.45, 2.75) is 32.2 Å². The van der Waals surface area contributed by atoms with Gasteiger partial charge in [0.2, 0.25) is 0 Å². The average Bonchev–Trinajstić information content (AvgIpc) is 2.88. The second-order valence-corrected chi connectivity index (χ2v) is 6.54. The van der Waals surface area contributed by atoms with E-state index in [2.05, 4.69) is 21.7 Å². The Morgan fingerprint density at radius 2 is 2.30 bits per heavy atom. The van der Waals surface area contributed by atoms with Gasteiger partial charge in [0.15, 0.2) is 0 Å². The number of anilines is 1. The third kappa shape index (κ3) is 2.55. The molecule has 20 heavy (non-hydrogen) atoms. The van der Waals surface area contributed by atoms with Crippen molar-refractivity contribution in [1.82, 2.24) is 4.98 Å². The number of aromatic nitrogens is 1. The van der Waals surface area contributed by atoms with Gasteiger partial charge in [0, 0.05) is 10.6 Å². The maximum absolute atomic E-state index is 5.80. The summed E-state index contributed by atoms with van der Waals surface area (Å²) in [5.41, 5.74) is 8.99. The maximum Gasteiger partial charge on any atom is 0.136 e. The minimum absolute atomic E-state index is 0.312. The zero-order valence-electron chi connectivity index (χ0n) is 11.3. The van der Waals surface area contributed by atoms with Crippen molar-refractivity contribution in [2.75, 3.05) is 5.32 Å². The fourth-order valence-corrected chi connectivity index (χ4v) is 3.82. The van der Waals surface area contributed by atoms with Crippen LogP contribution in [0, 0.1) is 6.92 Å². The Bertz CT molecular complexity index is 648. The summed E-state index contributed by atoms with van der Waals surface area (Å²) in [5.74, 6) is 0.807. The van der Waals surface area contributed by atoms with Crippen molar-refractivity contribution in [2.24, 2.45) is 5.73 Å². The molecule has 0 aromatic carbocycles. The number of hydrogen-bond donors (Lipinski definition) is 2. The summed E-state index contributed by atoms with van der Waals surface area (Å²) >= 11 is 6.96. The van der Waals surface area contributed by atoms with E-state index in [0.717, 1.165) is 23.5 Å². The standard InChI is InChI=1S/C15H17N3S2/c1-9-5-6-11(14(16)19)15(17-9)18-12-3-2-4-13-10(12)7-8-20-13/h5-8,12H,2-4H2,1H3,(H2,16,19)(H,17,18). The molecule has 3 N–H and O–H groups in total. The highest BCUT2D eigenvalue weighted by Crippen LogP contribution is 2.35. The van der Waals surface area contributed by atoms with Crippen LogP contribution in [0.5, 0.6) is 0 Å². The Hall–Kier alpha value is -1.46. The van der Waals surface area contributed by atoms with Gasteiger partial charge in [-0.1, -0.05) is 12.2 Å². The first-order chi connectivity index (χ1) is 9.65. The lowest BCUT2D eigenvalue weighted by Gasteiger charge is -2.25. The molecule has 0 aliphatic heterocycles. The van der Waals surface area contributed by atoms with Crippen LogP contribution in [0.2, 0.25) is 0 Å². The number of aryl methyl sites for hydroxylation is 2. The Morgan fingerprint density at radius 3 is 3.10 bits per heavy atom. The number of nitrogens with two attached hydrogens (primary N) is 1. The number of hydrogen-bond acceptors (Lipinski definition) is 4. The number of fused-ring (bicyclic) bond motifs is 1. The van der Waals surface area contributed by atoms with Crippen LogP contribution in [0.1, 0.15) is 40.6 Å². The lowest BCUT2D eigenvalue weighted by Crippen LogP contribution is -2.20. The molecule has 0 bridgehead atoms. The molecule has 5 heteroatoms. The van der Waals surface area contributed by atoms with Gasteiger partial charge in [-0.2, -0.15) is 0 Å². The summed E-state index contributed by atoms with van der Waals surface area (Å²) in [5, 5.41) is 5.71. The van der Waals surface area contributed by atoms with E-state index in [1.165, 1.54) is 23.3 Å². The minimum atomic E-state index is 0.312. The number of nitrogens with one attached hydrogen (secondary N) is 1. The molecule has 0 radical (unpaired) electrons. The van der Waals surface area contributed by atoms with Crippen LogP contribution >= 0.6 is 23.6 Å². The van der Waals surface area contributed by atoms with Crippen LogP contribution in [0.15, 0.2) is 23.6 Å². The molecule has 3 rings (SSSR count). The van der Waals surface area contributed by atoms with Gasteiger partial charge in [0.25, 0.3) is 0 Å². The fraction of sp³-hybridized carbons (Fsp3) is 0.333. The zero-order valence-corrected chi connectivity index (χ0v) is 13.0. The molecule has 3 nitrogen and oxygen atoms in total. The summed E-state index contributed by atoms with van der Waals surface area (Å²) in [6.45, 7) is 1.98. The van der Waals surface area contributed by atoms with Gasteiger partial charge in [-0.3, -0.25) is 0 Å². The van der Waals surface area contributed by atoms with Gasteiger partial charge in [0.1, 0.15) is 10.8 Å². The summed E-state index contributed by atoms with van der Waals surface area (Å²) in [6, 6.07) is 6.42. The van der Waals surface area contributed by atoms with Gasteiger partial charge in [-0.05, 0) is 55.3 Å². The first-order valence-corrected chi connectivity index (χ1v) is 8.04. The SMILES string of the molecule is Cc1ccc(C(N)=S)c(NC2CCCc3sccc32)n1. The lowest BCUT2D eigenvalue weighted by atomic mass is 9.94. The highest BCUT2D eigenvalue weighted by Gasteiger charge is 2.22. The van der Waals surface area contributed by atoms with Gasteiger partial charge >= 0.3 is 0 Å². The van der Waals surface area contributed by atoms with Crippen molar-refractivity contribution in [1.29, 1.82) is 0 Å². The predicted molar refractivity (Wildman–Crippen MR) is 88.5 cm³/mol. The van der Waals surface area contributed by atoms with Crippen LogP contribution in [0.25, 0.3) is 0 Å². The van der Waals surface area contributed by atoms with E-state index in [1.807, 2.05) is 30.4 Å². The van der Waals surface area contributed by atoms with Crippen LogP contribution in [-0.4, -0.2) is 9.97 Å². The van der Waals surface area contributed by atoms with Gasteiger partial charge < -0.3 is 11.1 Å². The monoisotopic (exact) mass is 303 g/mol. The van der Waals surface area contributed by atoms with Gasteiger partial charge in [-0.25, -0.2) is 4.98 Å².